The molecule has 0 spiro atoms. The number of morpholine rings is 1. The minimum absolute atomic E-state index is 0.455. The average molecular weight is 546 g/mol. The number of fused-ring (bicyclic) bond motifs is 1. The highest BCUT2D eigenvalue weighted by atomic mass is 35.5. The van der Waals surface area contributed by atoms with E-state index in [-0.39, 0.29) is 0 Å². The van der Waals surface area contributed by atoms with Crippen LogP contribution in [0.25, 0.3) is 5.65 Å². The summed E-state index contributed by atoms with van der Waals surface area (Å²) in [5, 5.41) is 6.65. The lowest BCUT2D eigenvalue weighted by atomic mass is 10.1. The second kappa shape index (κ2) is 11.6. The number of pyridine rings is 1. The second-order valence-corrected chi connectivity index (χ2v) is 10.7. The largest absolute Gasteiger partial charge is 0.378 e. The van der Waals surface area contributed by atoms with E-state index in [1.807, 2.05) is 12.1 Å². The lowest BCUT2D eigenvalue weighted by Gasteiger charge is -2.29. The quantitative estimate of drug-likeness (QED) is 0.292. The van der Waals surface area contributed by atoms with Gasteiger partial charge in [-0.25, -0.2) is 15.0 Å². The molecule has 1 amide bonds. The topological polar surface area (TPSA) is 96.7 Å². The minimum atomic E-state index is 0.455. The van der Waals surface area contributed by atoms with E-state index in [9.17, 15) is 4.79 Å². The summed E-state index contributed by atoms with van der Waals surface area (Å²) in [4.78, 5) is 26.0. The molecule has 9 nitrogen and oxygen atoms in total. The van der Waals surface area contributed by atoms with Crippen LogP contribution in [0, 0.1) is 0 Å². The Morgan fingerprint density at radius 1 is 0.974 bits per heavy atom. The standard InChI is InChI=1S/C20H23N7O2.C9H9Cl/c28-13-24-19-8-18(22-12-23-19)21-9-16-11-27-10-15(14-1-2-14)7-17(20(27)25-16)26-3-5-29-6-4-26;10-9-3-1-2-8(6-9)7-4-5-7/h7-8,10-14H,1-6,9H2,(H2,21,22,23,24,28);1-3,6-7H,4-5H2. The number of aromatic nitrogens is 4. The predicted molar refractivity (Wildman–Crippen MR) is 153 cm³/mol. The summed E-state index contributed by atoms with van der Waals surface area (Å²) in [6.07, 6.45) is 11.5. The minimum Gasteiger partial charge on any atom is -0.378 e. The number of anilines is 3. The average Bonchev–Trinajstić information content (AvgIpc) is 3.89. The van der Waals surface area contributed by atoms with Gasteiger partial charge in [-0.2, -0.15) is 0 Å². The number of nitrogens with zero attached hydrogens (tertiary/aromatic N) is 5. The number of nitrogens with one attached hydrogen (secondary N) is 2. The van der Waals surface area contributed by atoms with Crippen molar-refractivity contribution in [1.29, 1.82) is 0 Å². The molecule has 4 aromatic rings. The summed E-state index contributed by atoms with van der Waals surface area (Å²) in [6.45, 7) is 3.80. The van der Waals surface area contributed by atoms with Gasteiger partial charge in [0.1, 0.15) is 18.0 Å². The number of halogens is 1. The van der Waals surface area contributed by atoms with Crippen molar-refractivity contribution >= 4 is 41.0 Å². The van der Waals surface area contributed by atoms with Crippen LogP contribution in [0.15, 0.2) is 55.1 Å². The fourth-order valence-electron chi connectivity index (χ4n) is 4.87. The predicted octanol–water partition coefficient (Wildman–Crippen LogP) is 5.24. The lowest BCUT2D eigenvalue weighted by molar-refractivity contribution is -0.105. The van der Waals surface area contributed by atoms with Crippen LogP contribution in [0.2, 0.25) is 5.02 Å². The fourth-order valence-corrected chi connectivity index (χ4v) is 5.06. The molecule has 0 radical (unpaired) electrons. The number of ether oxygens (including phenoxy) is 1. The lowest BCUT2D eigenvalue weighted by Crippen LogP contribution is -2.36. The molecule has 2 N–H and O–H groups in total. The maximum atomic E-state index is 10.6. The van der Waals surface area contributed by atoms with E-state index in [2.05, 4.69) is 60.5 Å². The molecule has 7 rings (SSSR count). The Kier molecular flexibility index (Phi) is 7.60. The Morgan fingerprint density at radius 3 is 2.49 bits per heavy atom. The van der Waals surface area contributed by atoms with Crippen molar-refractivity contribution in [1.82, 2.24) is 19.4 Å². The van der Waals surface area contributed by atoms with Gasteiger partial charge < -0.3 is 24.7 Å². The third-order valence-corrected chi connectivity index (χ3v) is 7.46. The third-order valence-electron chi connectivity index (χ3n) is 7.23. The second-order valence-electron chi connectivity index (χ2n) is 10.2. The summed E-state index contributed by atoms with van der Waals surface area (Å²) in [5.74, 6) is 2.58. The summed E-state index contributed by atoms with van der Waals surface area (Å²) in [6, 6.07) is 12.2. The van der Waals surface area contributed by atoms with Gasteiger partial charge in [-0.15, -0.1) is 0 Å². The number of hydrogen-bond donors (Lipinski definition) is 2. The molecule has 2 aliphatic carbocycles. The van der Waals surface area contributed by atoms with Crippen LogP contribution in [0.1, 0.15) is 54.3 Å². The number of amides is 1. The number of carbonyl (C=O) groups excluding carboxylic acids is 1. The van der Waals surface area contributed by atoms with Crippen LogP contribution >= 0.6 is 11.6 Å². The van der Waals surface area contributed by atoms with E-state index in [0.717, 1.165) is 48.6 Å². The number of rotatable bonds is 8. The van der Waals surface area contributed by atoms with Crippen LogP contribution in [0.3, 0.4) is 0 Å². The van der Waals surface area contributed by atoms with Gasteiger partial charge >= 0.3 is 0 Å². The van der Waals surface area contributed by atoms with Crippen molar-refractivity contribution in [3.63, 3.8) is 0 Å². The first-order valence-electron chi connectivity index (χ1n) is 13.5. The molecule has 3 fully saturated rings. The maximum Gasteiger partial charge on any atom is 0.212 e. The van der Waals surface area contributed by atoms with Crippen molar-refractivity contribution < 1.29 is 9.53 Å². The fraction of sp³-hybridized carbons (Fsp3) is 0.379. The highest BCUT2D eigenvalue weighted by Crippen LogP contribution is 2.42. The van der Waals surface area contributed by atoms with Gasteiger partial charge in [0.05, 0.1) is 31.1 Å². The van der Waals surface area contributed by atoms with Crippen molar-refractivity contribution in [3.05, 3.63) is 77.0 Å². The van der Waals surface area contributed by atoms with Gasteiger partial charge in [-0.05, 0) is 66.8 Å². The van der Waals surface area contributed by atoms with Crippen LogP contribution in [-0.4, -0.2) is 52.1 Å². The van der Waals surface area contributed by atoms with E-state index >= 15 is 0 Å². The molecule has 0 unspecified atom stereocenters. The highest BCUT2D eigenvalue weighted by Gasteiger charge is 2.27. The van der Waals surface area contributed by atoms with E-state index in [1.165, 1.54) is 48.8 Å². The van der Waals surface area contributed by atoms with Crippen molar-refractivity contribution in [2.75, 3.05) is 41.8 Å². The smallest absolute Gasteiger partial charge is 0.212 e. The Morgan fingerprint density at radius 2 is 1.74 bits per heavy atom. The number of benzene rings is 1. The molecule has 0 bridgehead atoms. The van der Waals surface area contributed by atoms with Crippen LogP contribution in [-0.2, 0) is 16.1 Å². The molecule has 10 heteroatoms. The molecular formula is C29H32ClN7O2. The Hall–Kier alpha value is -3.69. The maximum absolute atomic E-state index is 10.6. The molecule has 0 atom stereocenters. The SMILES string of the molecule is Clc1cccc(C2CC2)c1.O=CNc1cc(NCc2cn3cc(C4CC4)cc(N4CCOCC4)c3n2)ncn1. The van der Waals surface area contributed by atoms with Gasteiger partial charge in [-0.1, -0.05) is 23.7 Å². The zero-order chi connectivity index (χ0) is 26.6. The molecule has 202 valence electrons. The van der Waals surface area contributed by atoms with Gasteiger partial charge in [-0.3, -0.25) is 4.79 Å². The van der Waals surface area contributed by atoms with Gasteiger partial charge in [0.2, 0.25) is 6.41 Å². The molecule has 39 heavy (non-hydrogen) atoms. The van der Waals surface area contributed by atoms with Gasteiger partial charge in [0.25, 0.3) is 0 Å². The molecule has 1 saturated heterocycles. The van der Waals surface area contributed by atoms with E-state index in [4.69, 9.17) is 21.3 Å². The number of carbonyl (C=O) groups is 1. The monoisotopic (exact) mass is 545 g/mol. The molecule has 4 heterocycles. The van der Waals surface area contributed by atoms with Gasteiger partial charge in [0, 0.05) is 36.6 Å². The van der Waals surface area contributed by atoms with Crippen LogP contribution < -0.4 is 15.5 Å². The molecular weight excluding hydrogens is 514 g/mol. The summed E-state index contributed by atoms with van der Waals surface area (Å²) < 4.78 is 7.67. The number of imidazole rings is 1. The first-order valence-corrected chi connectivity index (χ1v) is 13.9. The van der Waals surface area contributed by atoms with Crippen molar-refractivity contribution in [2.45, 2.75) is 44.1 Å². The van der Waals surface area contributed by atoms with E-state index < -0.39 is 0 Å². The first kappa shape index (κ1) is 25.6. The summed E-state index contributed by atoms with van der Waals surface area (Å²) >= 11 is 5.82. The summed E-state index contributed by atoms with van der Waals surface area (Å²) in [7, 11) is 0. The normalized spacial score (nSPS) is 16.9. The van der Waals surface area contributed by atoms with Crippen molar-refractivity contribution in [3.8, 4) is 0 Å². The zero-order valence-electron chi connectivity index (χ0n) is 21.7. The van der Waals surface area contributed by atoms with Gasteiger partial charge in [0.15, 0.2) is 5.65 Å². The van der Waals surface area contributed by atoms with Crippen LogP contribution in [0.5, 0.6) is 0 Å². The summed E-state index contributed by atoms with van der Waals surface area (Å²) in [5.41, 5.74) is 5.88. The molecule has 1 aliphatic heterocycles. The molecule has 3 aliphatic rings. The highest BCUT2D eigenvalue weighted by molar-refractivity contribution is 6.30. The third kappa shape index (κ3) is 6.49. The first-order chi connectivity index (χ1) is 19.2. The molecule has 3 aromatic heterocycles. The molecule has 2 saturated carbocycles. The van der Waals surface area contributed by atoms with Crippen molar-refractivity contribution in [2.24, 2.45) is 0 Å². The molecule has 1 aromatic carbocycles. The Labute approximate surface area is 232 Å². The Balaban J connectivity index is 0.000000231. The number of hydrogen-bond acceptors (Lipinski definition) is 7. The zero-order valence-corrected chi connectivity index (χ0v) is 22.5. The van der Waals surface area contributed by atoms with E-state index in [0.29, 0.717) is 30.5 Å². The Bertz CT molecular complexity index is 1440. The van der Waals surface area contributed by atoms with Crippen LogP contribution in [0.4, 0.5) is 17.3 Å². The van der Waals surface area contributed by atoms with E-state index in [1.54, 1.807) is 6.07 Å².